The van der Waals surface area contributed by atoms with E-state index in [1.807, 2.05) is 0 Å². The Hall–Kier alpha value is 0.440. The first kappa shape index (κ1) is 10.5. The second-order valence-electron chi connectivity index (χ2n) is 5.50. The minimum absolute atomic E-state index is 0.191. The van der Waals surface area contributed by atoms with Crippen LogP contribution in [0.4, 0.5) is 0 Å². The molecule has 2 heteroatoms. The Morgan fingerprint density at radius 1 is 1.25 bits per heavy atom. The second kappa shape index (κ2) is 2.98. The molecular weight excluding hydrogens is 216 g/mol. The van der Waals surface area contributed by atoms with Gasteiger partial charge in [-0.25, -0.2) is 0 Å². The van der Waals surface area contributed by atoms with Crippen LogP contribution in [0.15, 0.2) is 0 Å². The monoisotopic (exact) mass is 234 g/mol. The molecule has 0 spiro atoms. The number of hydrogen-bond acceptors (Lipinski definition) is 1. The summed E-state index contributed by atoms with van der Waals surface area (Å²) in [4.78, 5) is 0.248. The lowest BCUT2D eigenvalue weighted by molar-refractivity contribution is 0.00952. The van der Waals surface area contributed by atoms with Crippen LogP contribution in [-0.4, -0.2) is 16.0 Å². The third-order valence-corrected chi connectivity index (χ3v) is 4.63. The lowest BCUT2D eigenvalue weighted by Crippen LogP contribution is -2.45. The molecular formula is C10H19BrO. The van der Waals surface area contributed by atoms with Crippen LogP contribution in [0.25, 0.3) is 0 Å². The van der Waals surface area contributed by atoms with Crippen molar-refractivity contribution in [1.29, 1.82) is 0 Å². The second-order valence-corrected chi connectivity index (χ2v) is 6.49. The van der Waals surface area contributed by atoms with E-state index in [1.165, 1.54) is 6.42 Å². The third-order valence-electron chi connectivity index (χ3n) is 2.78. The van der Waals surface area contributed by atoms with Crippen molar-refractivity contribution in [2.45, 2.75) is 51.5 Å². The summed E-state index contributed by atoms with van der Waals surface area (Å²) in [7, 11) is 0. The van der Waals surface area contributed by atoms with Crippen molar-refractivity contribution in [1.82, 2.24) is 0 Å². The van der Waals surface area contributed by atoms with Crippen LogP contribution in [0.2, 0.25) is 0 Å². The molecule has 0 aromatic carbocycles. The van der Waals surface area contributed by atoms with E-state index in [1.54, 1.807) is 0 Å². The van der Waals surface area contributed by atoms with Gasteiger partial charge in [-0.15, -0.1) is 0 Å². The van der Waals surface area contributed by atoms with Gasteiger partial charge >= 0.3 is 0 Å². The fourth-order valence-corrected chi connectivity index (χ4v) is 2.94. The Bertz CT molecular complexity index is 175. The van der Waals surface area contributed by atoms with Gasteiger partial charge in [0.1, 0.15) is 0 Å². The van der Waals surface area contributed by atoms with Crippen LogP contribution in [0, 0.1) is 10.8 Å². The molecule has 0 bridgehead atoms. The topological polar surface area (TPSA) is 20.2 Å². The first-order chi connectivity index (χ1) is 5.25. The zero-order valence-corrected chi connectivity index (χ0v) is 9.98. The van der Waals surface area contributed by atoms with Crippen molar-refractivity contribution in [3.63, 3.8) is 0 Å². The van der Waals surface area contributed by atoms with Crippen LogP contribution in [0.5, 0.6) is 0 Å². The fraction of sp³-hybridized carbons (Fsp3) is 1.00. The Balaban J connectivity index is 2.80. The van der Waals surface area contributed by atoms with Crippen LogP contribution >= 0.6 is 15.9 Å². The molecule has 12 heavy (non-hydrogen) atoms. The van der Waals surface area contributed by atoms with Gasteiger partial charge in [-0.1, -0.05) is 43.6 Å². The van der Waals surface area contributed by atoms with Crippen molar-refractivity contribution in [2.75, 3.05) is 0 Å². The maximum Gasteiger partial charge on any atom is 0.0675 e. The number of halogens is 1. The summed E-state index contributed by atoms with van der Waals surface area (Å²) in [6, 6.07) is 0. The molecule has 0 aromatic heterocycles. The van der Waals surface area contributed by atoms with E-state index in [9.17, 15) is 5.11 Å². The van der Waals surface area contributed by atoms with Crippen molar-refractivity contribution in [3.05, 3.63) is 0 Å². The van der Waals surface area contributed by atoms with Gasteiger partial charge in [-0.2, -0.15) is 0 Å². The summed E-state index contributed by atoms with van der Waals surface area (Å²) >= 11 is 3.58. The molecule has 0 saturated heterocycles. The van der Waals surface area contributed by atoms with Crippen molar-refractivity contribution < 1.29 is 5.11 Å². The van der Waals surface area contributed by atoms with Gasteiger partial charge in [0.2, 0.25) is 0 Å². The van der Waals surface area contributed by atoms with E-state index in [2.05, 4.69) is 43.6 Å². The lowest BCUT2D eigenvalue weighted by Gasteiger charge is -2.46. The SMILES string of the molecule is CC1(C)CC(O)C(Br)C(C)(C)C1. The predicted molar refractivity (Wildman–Crippen MR) is 55.5 cm³/mol. The van der Waals surface area contributed by atoms with Crippen LogP contribution in [0.1, 0.15) is 40.5 Å². The summed E-state index contributed by atoms with van der Waals surface area (Å²) in [6.45, 7) is 8.90. The summed E-state index contributed by atoms with van der Waals surface area (Å²) < 4.78 is 0. The predicted octanol–water partition coefficient (Wildman–Crippen LogP) is 2.96. The maximum atomic E-state index is 9.80. The van der Waals surface area contributed by atoms with E-state index in [-0.39, 0.29) is 21.8 Å². The normalized spacial score (nSPS) is 39.5. The van der Waals surface area contributed by atoms with Crippen molar-refractivity contribution in [3.8, 4) is 0 Å². The summed E-state index contributed by atoms with van der Waals surface area (Å²) in [5.41, 5.74) is 0.494. The van der Waals surface area contributed by atoms with Gasteiger partial charge in [0.25, 0.3) is 0 Å². The highest BCUT2D eigenvalue weighted by Crippen LogP contribution is 2.48. The van der Waals surface area contributed by atoms with Crippen LogP contribution in [0.3, 0.4) is 0 Å². The molecule has 1 aliphatic carbocycles. The van der Waals surface area contributed by atoms with Crippen LogP contribution < -0.4 is 0 Å². The van der Waals surface area contributed by atoms with E-state index in [4.69, 9.17) is 0 Å². The molecule has 1 fully saturated rings. The zero-order valence-electron chi connectivity index (χ0n) is 8.39. The maximum absolute atomic E-state index is 9.80. The summed E-state index contributed by atoms with van der Waals surface area (Å²) in [5.74, 6) is 0. The van der Waals surface area contributed by atoms with Gasteiger partial charge in [0.05, 0.1) is 6.10 Å². The van der Waals surface area contributed by atoms with Gasteiger partial charge in [0, 0.05) is 4.83 Å². The Labute approximate surface area is 83.7 Å². The molecule has 2 atom stereocenters. The average molecular weight is 235 g/mol. The molecule has 1 nitrogen and oxygen atoms in total. The van der Waals surface area contributed by atoms with E-state index < -0.39 is 0 Å². The molecule has 2 unspecified atom stereocenters. The molecule has 0 aliphatic heterocycles. The summed E-state index contributed by atoms with van der Waals surface area (Å²) in [5, 5.41) is 9.80. The van der Waals surface area contributed by atoms with Crippen LogP contribution in [-0.2, 0) is 0 Å². The quantitative estimate of drug-likeness (QED) is 0.640. The molecule has 0 amide bonds. The van der Waals surface area contributed by atoms with Crippen molar-refractivity contribution >= 4 is 15.9 Å². The molecule has 1 rings (SSSR count). The number of alkyl halides is 1. The Morgan fingerprint density at radius 3 is 2.17 bits per heavy atom. The Kier molecular flexibility index (Phi) is 2.62. The average Bonchev–Trinajstić information content (AvgIpc) is 1.79. The Morgan fingerprint density at radius 2 is 1.75 bits per heavy atom. The third kappa shape index (κ3) is 2.02. The highest BCUT2D eigenvalue weighted by molar-refractivity contribution is 9.09. The molecule has 0 heterocycles. The molecule has 0 aromatic rings. The molecule has 1 saturated carbocycles. The minimum Gasteiger partial charge on any atom is -0.392 e. The first-order valence-electron chi connectivity index (χ1n) is 4.57. The molecule has 0 radical (unpaired) electrons. The van der Waals surface area contributed by atoms with E-state index in [0.29, 0.717) is 0 Å². The highest BCUT2D eigenvalue weighted by atomic mass is 79.9. The van der Waals surface area contributed by atoms with E-state index in [0.717, 1.165) is 6.42 Å². The first-order valence-corrected chi connectivity index (χ1v) is 5.48. The number of aliphatic hydroxyl groups is 1. The molecule has 1 aliphatic rings. The highest BCUT2D eigenvalue weighted by Gasteiger charge is 2.44. The van der Waals surface area contributed by atoms with E-state index >= 15 is 0 Å². The number of hydrogen-bond donors (Lipinski definition) is 1. The smallest absolute Gasteiger partial charge is 0.0675 e. The standard InChI is InChI=1S/C10H19BrO/c1-9(2)5-7(12)8(11)10(3,4)6-9/h7-8,12H,5-6H2,1-4H3. The minimum atomic E-state index is -0.191. The van der Waals surface area contributed by atoms with Gasteiger partial charge < -0.3 is 5.11 Å². The number of aliphatic hydroxyl groups excluding tert-OH is 1. The lowest BCUT2D eigenvalue weighted by atomic mass is 9.64. The van der Waals surface area contributed by atoms with Gasteiger partial charge in [0.15, 0.2) is 0 Å². The van der Waals surface area contributed by atoms with Gasteiger partial charge in [-0.05, 0) is 23.7 Å². The summed E-state index contributed by atoms with van der Waals surface area (Å²) in [6.07, 6.45) is 1.89. The largest absolute Gasteiger partial charge is 0.392 e. The number of rotatable bonds is 0. The zero-order chi connectivity index (χ0) is 9.57. The van der Waals surface area contributed by atoms with Crippen molar-refractivity contribution in [2.24, 2.45) is 10.8 Å². The molecule has 1 N–H and O–H groups in total. The molecule has 72 valence electrons. The fourth-order valence-electron chi connectivity index (χ4n) is 2.59. The van der Waals surface area contributed by atoms with Gasteiger partial charge in [-0.3, -0.25) is 0 Å².